The van der Waals surface area contributed by atoms with Gasteiger partial charge in [-0.25, -0.2) is 9.13 Å². The van der Waals surface area contributed by atoms with Gasteiger partial charge in [0.2, 0.25) is 0 Å². The van der Waals surface area contributed by atoms with Crippen LogP contribution >= 0.6 is 15.6 Å². The van der Waals surface area contributed by atoms with Gasteiger partial charge >= 0.3 is 39.5 Å². The Hall–Kier alpha value is -4.02. The molecule has 0 bridgehead atoms. The summed E-state index contributed by atoms with van der Waals surface area (Å²) in [5, 5.41) is 10.6. The van der Waals surface area contributed by atoms with Crippen molar-refractivity contribution in [1.82, 2.24) is 0 Å². The summed E-state index contributed by atoms with van der Waals surface area (Å²) in [6, 6.07) is 0. The molecular weight excluding hydrogens is 1330 g/mol. The number of rotatable bonds is 76. The van der Waals surface area contributed by atoms with E-state index in [1.54, 1.807) is 0 Å². The fourth-order valence-corrected chi connectivity index (χ4v) is 12.4. The highest BCUT2D eigenvalue weighted by molar-refractivity contribution is 7.47. The molecule has 0 rings (SSSR count). The molecule has 0 aromatic carbocycles. The number of carbonyl (C=O) groups is 4. The first kappa shape index (κ1) is 98.0. The van der Waals surface area contributed by atoms with Gasteiger partial charge in [0.1, 0.15) is 19.3 Å². The zero-order chi connectivity index (χ0) is 74.6. The van der Waals surface area contributed by atoms with Crippen LogP contribution in [0.5, 0.6) is 0 Å². The largest absolute Gasteiger partial charge is 0.472 e. The monoisotopic (exact) mass is 1480 g/mol. The van der Waals surface area contributed by atoms with Crippen molar-refractivity contribution < 1.29 is 80.2 Å². The molecule has 590 valence electrons. The minimum atomic E-state index is -4.99. The average molecular weight is 1480 g/mol. The lowest BCUT2D eigenvalue weighted by Gasteiger charge is -2.21. The van der Waals surface area contributed by atoms with E-state index < -0.39 is 97.5 Å². The molecule has 102 heavy (non-hydrogen) atoms. The first-order chi connectivity index (χ1) is 49.7. The Morgan fingerprint density at radius 3 is 0.853 bits per heavy atom. The molecular formula is C83H146O17P2. The van der Waals surface area contributed by atoms with Gasteiger partial charge in [-0.15, -0.1) is 0 Å². The number of hydrogen-bond acceptors (Lipinski definition) is 15. The van der Waals surface area contributed by atoms with E-state index >= 15 is 0 Å². The van der Waals surface area contributed by atoms with Crippen LogP contribution in [0.3, 0.4) is 0 Å². The highest BCUT2D eigenvalue weighted by Crippen LogP contribution is 2.45. The van der Waals surface area contributed by atoms with E-state index in [2.05, 4.69) is 113 Å². The molecule has 0 aliphatic heterocycles. The molecule has 0 amide bonds. The Balaban J connectivity index is 5.40. The number of carbonyl (C=O) groups excluding carboxylic acids is 4. The van der Waals surface area contributed by atoms with Gasteiger partial charge in [-0.2, -0.15) is 0 Å². The van der Waals surface area contributed by atoms with Gasteiger partial charge in [0, 0.05) is 25.7 Å². The second-order valence-corrected chi connectivity index (χ2v) is 29.9. The fourth-order valence-electron chi connectivity index (χ4n) is 10.9. The third-order valence-corrected chi connectivity index (χ3v) is 18.9. The van der Waals surface area contributed by atoms with Crippen LogP contribution in [0.2, 0.25) is 0 Å². The van der Waals surface area contributed by atoms with E-state index in [1.807, 2.05) is 12.2 Å². The molecule has 0 radical (unpaired) electrons. The molecule has 17 nitrogen and oxygen atoms in total. The van der Waals surface area contributed by atoms with Crippen LogP contribution in [0.25, 0.3) is 0 Å². The standard InChI is InChI=1S/C83H146O17P2/c1-5-9-13-17-21-25-29-33-37-38-42-44-48-52-56-60-64-68-81(86)94-74-79(100-83(88)70-66-62-58-54-50-46-41-36-32-28-24-20-16-12-8-4)76-98-102(91,92)96-72-77(84)71-95-101(89,90)97-75-78(99-82(87)69-65-61-57-53-49-45-40-35-31-27-23-19-15-11-7-3)73-93-80(85)67-63-59-55-51-47-43-39-34-30-26-22-18-14-10-6-2/h9,13,21-22,25-26,33-34,36-37,39,41-42,44,52,56,77-79,84H,5-8,10-12,14-20,23-24,27-32,35,38,40,43,45-51,53-55,57-76H2,1-4H3,(H,89,90)(H,91,92)/b13-9-,25-21-,26-22-,37-33-,39-34-,41-36-,44-42-,56-52-. The molecule has 5 atom stereocenters. The van der Waals surface area contributed by atoms with E-state index in [0.717, 1.165) is 141 Å². The molecule has 5 unspecified atom stereocenters. The molecule has 19 heteroatoms. The summed E-state index contributed by atoms with van der Waals surface area (Å²) in [4.78, 5) is 73.0. The Morgan fingerprint density at radius 2 is 0.520 bits per heavy atom. The van der Waals surface area contributed by atoms with Gasteiger partial charge in [0.15, 0.2) is 12.2 Å². The number of ether oxygens (including phenoxy) is 4. The summed E-state index contributed by atoms with van der Waals surface area (Å²) in [5.41, 5.74) is 0. The number of aliphatic hydroxyl groups is 1. The van der Waals surface area contributed by atoms with Crippen molar-refractivity contribution in [3.63, 3.8) is 0 Å². The minimum absolute atomic E-state index is 0.0732. The molecule has 0 saturated carbocycles. The van der Waals surface area contributed by atoms with Gasteiger partial charge in [0.05, 0.1) is 26.4 Å². The SMILES string of the molecule is CC/C=C\C/C=C\C/C=C\C/C=C\C/C=C\CCCC(=O)OCC(COP(=O)(O)OCC(O)COP(=O)(O)OCC(COC(=O)CCCCCCC/C=C\C/C=C\CCCCC)OC(=O)CCCCCCCCCCCCCCCCC)OC(=O)CCCCCCC/C=C\CCCCCCCC. The van der Waals surface area contributed by atoms with E-state index in [1.165, 1.54) is 122 Å². The Kier molecular flexibility index (Phi) is 72.3. The van der Waals surface area contributed by atoms with Crippen LogP contribution in [-0.2, 0) is 65.4 Å². The van der Waals surface area contributed by atoms with Crippen molar-refractivity contribution in [2.24, 2.45) is 0 Å². The molecule has 0 aliphatic rings. The van der Waals surface area contributed by atoms with E-state index in [4.69, 9.17) is 37.0 Å². The highest BCUT2D eigenvalue weighted by Gasteiger charge is 2.30. The van der Waals surface area contributed by atoms with Crippen LogP contribution in [0.4, 0.5) is 0 Å². The summed E-state index contributed by atoms with van der Waals surface area (Å²) in [6.07, 6.45) is 79.6. The summed E-state index contributed by atoms with van der Waals surface area (Å²) in [7, 11) is -9.97. The van der Waals surface area contributed by atoms with Crippen molar-refractivity contribution in [1.29, 1.82) is 0 Å². The number of allylic oxidation sites excluding steroid dienone is 16. The van der Waals surface area contributed by atoms with Gasteiger partial charge in [-0.3, -0.25) is 37.3 Å². The van der Waals surface area contributed by atoms with Crippen LogP contribution in [-0.4, -0.2) is 96.7 Å². The number of phosphoric ester groups is 2. The average Bonchev–Trinajstić information content (AvgIpc) is 0.923. The maximum Gasteiger partial charge on any atom is 0.472 e. The fraction of sp³-hybridized carbons (Fsp3) is 0.759. The van der Waals surface area contributed by atoms with Crippen LogP contribution < -0.4 is 0 Å². The zero-order valence-electron chi connectivity index (χ0n) is 64.5. The number of aliphatic hydroxyl groups excluding tert-OH is 1. The highest BCUT2D eigenvalue weighted by atomic mass is 31.2. The van der Waals surface area contributed by atoms with E-state index in [-0.39, 0.29) is 25.7 Å². The van der Waals surface area contributed by atoms with Crippen LogP contribution in [0, 0.1) is 0 Å². The van der Waals surface area contributed by atoms with Gasteiger partial charge in [0.25, 0.3) is 0 Å². The molecule has 0 aliphatic carbocycles. The van der Waals surface area contributed by atoms with Crippen molar-refractivity contribution in [2.45, 2.75) is 367 Å². The predicted molar refractivity (Wildman–Crippen MR) is 418 cm³/mol. The van der Waals surface area contributed by atoms with Crippen molar-refractivity contribution in [3.05, 3.63) is 97.2 Å². The summed E-state index contributed by atoms with van der Waals surface area (Å²) in [5.74, 6) is -2.25. The third-order valence-electron chi connectivity index (χ3n) is 17.0. The number of unbranched alkanes of at least 4 members (excludes halogenated alkanes) is 34. The topological polar surface area (TPSA) is 237 Å². The Bertz CT molecular complexity index is 2310. The smallest absolute Gasteiger partial charge is 0.462 e. The van der Waals surface area contributed by atoms with Crippen LogP contribution in [0.15, 0.2) is 97.2 Å². The lowest BCUT2D eigenvalue weighted by Crippen LogP contribution is -2.30. The normalized spacial score (nSPS) is 14.4. The maximum absolute atomic E-state index is 13.1. The Labute approximate surface area is 620 Å². The molecule has 3 N–H and O–H groups in total. The second kappa shape index (κ2) is 75.2. The van der Waals surface area contributed by atoms with E-state index in [9.17, 15) is 43.2 Å². The molecule has 0 heterocycles. The van der Waals surface area contributed by atoms with Gasteiger partial charge < -0.3 is 33.8 Å². The molecule has 0 aromatic rings. The summed E-state index contributed by atoms with van der Waals surface area (Å²) < 4.78 is 68.6. The van der Waals surface area contributed by atoms with Crippen molar-refractivity contribution in [2.75, 3.05) is 39.6 Å². The number of esters is 4. The minimum Gasteiger partial charge on any atom is -0.462 e. The predicted octanol–water partition coefficient (Wildman–Crippen LogP) is 23.6. The van der Waals surface area contributed by atoms with E-state index in [0.29, 0.717) is 32.1 Å². The number of phosphoric acid groups is 2. The Morgan fingerprint density at radius 1 is 0.284 bits per heavy atom. The molecule has 0 spiro atoms. The molecule has 0 aromatic heterocycles. The quantitative estimate of drug-likeness (QED) is 0.0169. The lowest BCUT2D eigenvalue weighted by molar-refractivity contribution is -0.161. The summed E-state index contributed by atoms with van der Waals surface area (Å²) >= 11 is 0. The van der Waals surface area contributed by atoms with Gasteiger partial charge in [-0.05, 0) is 122 Å². The molecule has 0 fully saturated rings. The van der Waals surface area contributed by atoms with Crippen molar-refractivity contribution >= 4 is 39.5 Å². The third kappa shape index (κ3) is 74.3. The number of hydrogen-bond donors (Lipinski definition) is 3. The maximum atomic E-state index is 13.1. The molecule has 0 saturated heterocycles. The first-order valence-corrected chi connectivity index (χ1v) is 43.5. The summed E-state index contributed by atoms with van der Waals surface area (Å²) in [6.45, 7) is 4.69. The zero-order valence-corrected chi connectivity index (χ0v) is 66.3. The van der Waals surface area contributed by atoms with Gasteiger partial charge in [-0.1, -0.05) is 298 Å². The first-order valence-electron chi connectivity index (χ1n) is 40.5. The second-order valence-electron chi connectivity index (χ2n) is 27.0. The lowest BCUT2D eigenvalue weighted by atomic mass is 10.0. The van der Waals surface area contributed by atoms with Crippen LogP contribution in [0.1, 0.15) is 349 Å². The van der Waals surface area contributed by atoms with Crippen molar-refractivity contribution in [3.8, 4) is 0 Å².